The molecule has 1 saturated heterocycles. The van der Waals surface area contributed by atoms with Crippen LogP contribution in [-0.2, 0) is 9.59 Å². The van der Waals surface area contributed by atoms with Gasteiger partial charge in [-0.3, -0.25) is 9.69 Å². The number of aliphatic carboxylic acids is 1. The van der Waals surface area contributed by atoms with Crippen LogP contribution in [0.3, 0.4) is 0 Å². The number of benzene rings is 1. The predicted octanol–water partition coefficient (Wildman–Crippen LogP) is 5.21. The minimum atomic E-state index is -1.68. The SMILES string of the molecule is CC(C)N1CCN(C(=O)C2=CC=C(C(=O)O)[SH]2c2csc(-c3ccc(Cl)c(Cl)c3)c2O)CC1. The second-order valence-electron chi connectivity index (χ2n) is 8.09. The van der Waals surface area contributed by atoms with Crippen LogP contribution < -0.4 is 0 Å². The number of nitrogens with zero attached hydrogens (tertiary/aromatic N) is 2. The smallest absolute Gasteiger partial charge is 0.341 e. The van der Waals surface area contributed by atoms with E-state index in [0.717, 1.165) is 13.1 Å². The number of aromatic hydroxyl groups is 1. The van der Waals surface area contributed by atoms with Crippen molar-refractivity contribution in [1.82, 2.24) is 9.80 Å². The lowest BCUT2D eigenvalue weighted by molar-refractivity contribution is -0.131. The summed E-state index contributed by atoms with van der Waals surface area (Å²) in [6.07, 6.45) is 3.09. The van der Waals surface area contributed by atoms with Gasteiger partial charge in [0.25, 0.3) is 5.91 Å². The monoisotopic (exact) mass is 526 g/mol. The van der Waals surface area contributed by atoms with Gasteiger partial charge >= 0.3 is 5.97 Å². The van der Waals surface area contributed by atoms with Crippen molar-refractivity contribution in [3.63, 3.8) is 0 Å². The van der Waals surface area contributed by atoms with E-state index in [2.05, 4.69) is 18.7 Å². The number of rotatable bonds is 5. The molecule has 1 unspecified atom stereocenters. The molecule has 0 radical (unpaired) electrons. The number of allylic oxidation sites excluding steroid dienone is 2. The van der Waals surface area contributed by atoms with Crippen LogP contribution in [0.4, 0.5) is 0 Å². The predicted molar refractivity (Wildman–Crippen MR) is 136 cm³/mol. The fraction of sp³-hybridized carbons (Fsp3) is 0.304. The second kappa shape index (κ2) is 9.72. The van der Waals surface area contributed by atoms with E-state index < -0.39 is 16.9 Å². The van der Waals surface area contributed by atoms with Crippen LogP contribution in [0.5, 0.6) is 5.75 Å². The highest BCUT2D eigenvalue weighted by atomic mass is 35.5. The van der Waals surface area contributed by atoms with Crippen LogP contribution in [0.25, 0.3) is 10.4 Å². The van der Waals surface area contributed by atoms with Crippen molar-refractivity contribution in [2.75, 3.05) is 26.2 Å². The third-order valence-electron chi connectivity index (χ3n) is 5.82. The maximum atomic E-state index is 13.4. The largest absolute Gasteiger partial charge is 0.505 e. The van der Waals surface area contributed by atoms with Gasteiger partial charge in [-0.1, -0.05) is 29.3 Å². The number of carbonyl (C=O) groups excluding carboxylic acids is 1. The third-order valence-corrected chi connectivity index (χ3v) is 10.2. The van der Waals surface area contributed by atoms with Crippen LogP contribution in [0.1, 0.15) is 13.8 Å². The summed E-state index contributed by atoms with van der Waals surface area (Å²) in [7, 11) is -1.68. The lowest BCUT2D eigenvalue weighted by atomic mass is 10.2. The molecule has 33 heavy (non-hydrogen) atoms. The first-order chi connectivity index (χ1) is 15.7. The molecule has 1 aromatic heterocycles. The maximum absolute atomic E-state index is 13.4. The number of piperazine rings is 1. The van der Waals surface area contributed by atoms with Crippen molar-refractivity contribution in [2.24, 2.45) is 0 Å². The van der Waals surface area contributed by atoms with E-state index in [1.807, 2.05) is 0 Å². The molecule has 3 heterocycles. The molecule has 2 aliphatic rings. The molecular formula is C23H24Cl2N2O4S2. The van der Waals surface area contributed by atoms with Gasteiger partial charge in [0.2, 0.25) is 0 Å². The number of hydrogen-bond donors (Lipinski definition) is 3. The number of carboxylic acid groups (broad SMARTS) is 1. The molecule has 10 heteroatoms. The van der Waals surface area contributed by atoms with Gasteiger partial charge in [0.05, 0.1) is 24.7 Å². The molecule has 0 bridgehead atoms. The average molecular weight is 527 g/mol. The van der Waals surface area contributed by atoms with E-state index in [1.54, 1.807) is 34.6 Å². The summed E-state index contributed by atoms with van der Waals surface area (Å²) in [5, 5.41) is 23.4. The highest BCUT2D eigenvalue weighted by Gasteiger charge is 2.36. The van der Waals surface area contributed by atoms with Gasteiger partial charge in [0, 0.05) is 42.5 Å². The number of halogens is 2. The van der Waals surface area contributed by atoms with E-state index in [1.165, 1.54) is 17.4 Å². The van der Waals surface area contributed by atoms with Gasteiger partial charge in [0.15, 0.2) is 0 Å². The lowest BCUT2D eigenvalue weighted by Gasteiger charge is -2.37. The number of carbonyl (C=O) groups is 2. The standard InChI is InChI=1S/C23H24Cl2N2O4S2/c1-13(2)26-7-9-27(10-8-26)22(29)17-5-6-18(23(30)31)33(17)19-12-32-21(20(19)28)14-3-4-15(24)16(25)11-14/h3-6,11-13,28,33H,7-10H2,1-2H3,(H,30,31). The van der Waals surface area contributed by atoms with Crippen molar-refractivity contribution >= 4 is 57.3 Å². The normalized spacial score (nSPS) is 20.2. The molecule has 2 N–H and O–H groups in total. The summed E-state index contributed by atoms with van der Waals surface area (Å²) in [6, 6.07) is 5.46. The summed E-state index contributed by atoms with van der Waals surface area (Å²) >= 11 is 13.4. The van der Waals surface area contributed by atoms with Crippen LogP contribution in [0, 0.1) is 0 Å². The van der Waals surface area contributed by atoms with Crippen LogP contribution >= 0.6 is 45.4 Å². The Hall–Kier alpha value is -1.97. The highest BCUT2D eigenvalue weighted by molar-refractivity contribution is 8.25. The van der Waals surface area contributed by atoms with Gasteiger partial charge in [-0.2, -0.15) is 10.9 Å². The molecular weight excluding hydrogens is 503 g/mol. The molecule has 2 aliphatic heterocycles. The van der Waals surface area contributed by atoms with Gasteiger partial charge in [0.1, 0.15) is 5.75 Å². The van der Waals surface area contributed by atoms with Crippen LogP contribution in [0.2, 0.25) is 10.0 Å². The van der Waals surface area contributed by atoms with E-state index >= 15 is 0 Å². The lowest BCUT2D eigenvalue weighted by Crippen LogP contribution is -2.51. The molecule has 0 aliphatic carbocycles. The third kappa shape index (κ3) is 4.68. The Morgan fingerprint density at radius 1 is 1.06 bits per heavy atom. The number of carboxylic acids is 1. The molecule has 1 amide bonds. The van der Waals surface area contributed by atoms with E-state index in [9.17, 15) is 19.8 Å². The van der Waals surface area contributed by atoms with Gasteiger partial charge in [-0.05, 0) is 43.7 Å². The Kier molecular flexibility index (Phi) is 7.12. The second-order valence-corrected chi connectivity index (χ2v) is 11.9. The topological polar surface area (TPSA) is 81.1 Å². The van der Waals surface area contributed by atoms with Crippen molar-refractivity contribution in [1.29, 1.82) is 0 Å². The van der Waals surface area contributed by atoms with Crippen molar-refractivity contribution in [3.05, 3.63) is 55.6 Å². The molecule has 6 nitrogen and oxygen atoms in total. The van der Waals surface area contributed by atoms with Crippen molar-refractivity contribution < 1.29 is 19.8 Å². The molecule has 2 aromatic rings. The number of thiol groups is 1. The molecule has 0 saturated carbocycles. The number of thiophene rings is 1. The zero-order valence-corrected chi connectivity index (χ0v) is 21.3. The minimum absolute atomic E-state index is 0.0260. The van der Waals surface area contributed by atoms with E-state index in [0.29, 0.717) is 49.4 Å². The van der Waals surface area contributed by atoms with Gasteiger partial charge < -0.3 is 15.1 Å². The highest BCUT2D eigenvalue weighted by Crippen LogP contribution is 2.60. The Morgan fingerprint density at radius 3 is 2.33 bits per heavy atom. The number of amides is 1. The molecule has 1 fully saturated rings. The zero-order valence-electron chi connectivity index (χ0n) is 18.1. The molecule has 1 atom stereocenters. The fourth-order valence-corrected chi connectivity index (χ4v) is 7.83. The summed E-state index contributed by atoms with van der Waals surface area (Å²) in [4.78, 5) is 31.1. The maximum Gasteiger partial charge on any atom is 0.341 e. The van der Waals surface area contributed by atoms with Crippen LogP contribution in [-0.4, -0.2) is 64.1 Å². The molecule has 1 aromatic carbocycles. The summed E-state index contributed by atoms with van der Waals surface area (Å²) in [5.41, 5.74) is 0.676. The summed E-state index contributed by atoms with van der Waals surface area (Å²) in [5.74, 6) is -1.29. The average Bonchev–Trinajstić information content (AvgIpc) is 3.38. The number of hydrogen-bond acceptors (Lipinski definition) is 5. The Labute approximate surface area is 209 Å². The first kappa shape index (κ1) is 24.2. The van der Waals surface area contributed by atoms with Gasteiger partial charge in [-0.25, -0.2) is 4.79 Å². The molecule has 176 valence electrons. The summed E-state index contributed by atoms with van der Waals surface area (Å²) in [6.45, 7) is 6.99. The van der Waals surface area contributed by atoms with Crippen molar-refractivity contribution in [2.45, 2.75) is 24.8 Å². The quantitative estimate of drug-likeness (QED) is 0.466. The van der Waals surface area contributed by atoms with Gasteiger partial charge in [-0.15, -0.1) is 11.3 Å². The molecule has 4 rings (SSSR count). The van der Waals surface area contributed by atoms with E-state index in [-0.39, 0.29) is 16.6 Å². The van der Waals surface area contributed by atoms with Crippen molar-refractivity contribution in [3.8, 4) is 16.2 Å². The summed E-state index contributed by atoms with van der Waals surface area (Å²) < 4.78 is 0. The Morgan fingerprint density at radius 2 is 1.73 bits per heavy atom. The molecule has 0 spiro atoms. The Balaban J connectivity index is 1.64. The zero-order chi connectivity index (χ0) is 23.9. The van der Waals surface area contributed by atoms with E-state index in [4.69, 9.17) is 23.2 Å². The minimum Gasteiger partial charge on any atom is -0.505 e. The van der Waals surface area contributed by atoms with Crippen LogP contribution in [0.15, 0.2) is 50.4 Å². The fourth-order valence-electron chi connectivity index (χ4n) is 3.98. The first-order valence-corrected chi connectivity index (χ1v) is 13.4. The first-order valence-electron chi connectivity index (χ1n) is 10.4. The Bertz CT molecular complexity index is 1170.